The van der Waals surface area contributed by atoms with Gasteiger partial charge in [0.15, 0.2) is 5.69 Å². The highest BCUT2D eigenvalue weighted by Crippen LogP contribution is 2.35. The summed E-state index contributed by atoms with van der Waals surface area (Å²) in [4.78, 5) is 14.5. The first kappa shape index (κ1) is 18.9. The number of nitrogens with zero attached hydrogens (tertiary/aromatic N) is 4. The summed E-state index contributed by atoms with van der Waals surface area (Å²) in [5, 5.41) is 11.4. The molecule has 1 saturated heterocycles. The summed E-state index contributed by atoms with van der Waals surface area (Å²) in [5.41, 5.74) is -0.414. The third-order valence-electron chi connectivity index (χ3n) is 5.32. The Hall–Kier alpha value is -2.42. The van der Waals surface area contributed by atoms with E-state index in [1.807, 2.05) is 0 Å². The molecule has 0 spiro atoms. The van der Waals surface area contributed by atoms with E-state index in [4.69, 9.17) is 0 Å². The number of nitrogens with one attached hydrogen (secondary N) is 1. The topological polar surface area (TPSA) is 63.1 Å². The summed E-state index contributed by atoms with van der Waals surface area (Å²) in [5.74, 6) is -0.361. The molecule has 4 rings (SSSR count). The van der Waals surface area contributed by atoms with Gasteiger partial charge >= 0.3 is 6.18 Å². The second-order valence-electron chi connectivity index (χ2n) is 7.38. The van der Waals surface area contributed by atoms with E-state index in [1.54, 1.807) is 16.9 Å². The van der Waals surface area contributed by atoms with Gasteiger partial charge in [-0.3, -0.25) is 4.79 Å². The number of alkyl halides is 3. The molecular formula is C19H22F3N5O. The van der Waals surface area contributed by atoms with Gasteiger partial charge < -0.3 is 10.2 Å². The molecule has 2 heterocycles. The monoisotopic (exact) mass is 393 g/mol. The Morgan fingerprint density at radius 3 is 2.57 bits per heavy atom. The standard InChI is InChI=1S/C19H22F3N5O/c20-19(21,22)16-4-2-1-3-13(16)11-26(14-5-6-14)18(28)17-12-27(25-24-17)15-7-9-23-10-8-15/h1-4,12,14-15,23H,5-11H2. The highest BCUT2D eigenvalue weighted by molar-refractivity contribution is 5.92. The molecule has 0 bridgehead atoms. The maximum atomic E-state index is 13.3. The summed E-state index contributed by atoms with van der Waals surface area (Å²) in [7, 11) is 0. The average molecular weight is 393 g/mol. The van der Waals surface area contributed by atoms with Crippen LogP contribution >= 0.6 is 0 Å². The number of carbonyl (C=O) groups excluding carboxylic acids is 1. The maximum Gasteiger partial charge on any atom is 0.416 e. The largest absolute Gasteiger partial charge is 0.416 e. The van der Waals surface area contributed by atoms with E-state index in [1.165, 1.54) is 17.0 Å². The van der Waals surface area contributed by atoms with Crippen molar-refractivity contribution in [2.45, 2.75) is 50.5 Å². The molecular weight excluding hydrogens is 371 g/mol. The Labute approximate surface area is 160 Å². The van der Waals surface area contributed by atoms with Gasteiger partial charge in [0, 0.05) is 12.6 Å². The lowest BCUT2D eigenvalue weighted by molar-refractivity contribution is -0.138. The van der Waals surface area contributed by atoms with Crippen molar-refractivity contribution in [2.75, 3.05) is 13.1 Å². The molecule has 2 fully saturated rings. The first-order valence-electron chi connectivity index (χ1n) is 9.52. The van der Waals surface area contributed by atoms with Gasteiger partial charge in [-0.1, -0.05) is 23.4 Å². The van der Waals surface area contributed by atoms with E-state index in [2.05, 4.69) is 15.6 Å². The van der Waals surface area contributed by atoms with Gasteiger partial charge in [-0.25, -0.2) is 4.68 Å². The Kier molecular flexibility index (Phi) is 5.09. The van der Waals surface area contributed by atoms with Crippen LogP contribution in [0.1, 0.15) is 53.3 Å². The van der Waals surface area contributed by atoms with Crippen LogP contribution in [-0.4, -0.2) is 44.9 Å². The average Bonchev–Trinajstić information content (AvgIpc) is 3.41. The van der Waals surface area contributed by atoms with Gasteiger partial charge in [0.25, 0.3) is 5.91 Å². The van der Waals surface area contributed by atoms with Gasteiger partial charge in [0.2, 0.25) is 0 Å². The van der Waals surface area contributed by atoms with Crippen LogP contribution in [0.4, 0.5) is 13.2 Å². The van der Waals surface area contributed by atoms with E-state index in [0.29, 0.717) is 0 Å². The molecule has 150 valence electrons. The molecule has 0 atom stereocenters. The molecule has 1 N–H and O–H groups in total. The Balaban J connectivity index is 1.55. The van der Waals surface area contributed by atoms with Crippen LogP contribution in [0.25, 0.3) is 0 Å². The number of piperidine rings is 1. The number of hydrogen-bond donors (Lipinski definition) is 1. The Morgan fingerprint density at radius 2 is 1.89 bits per heavy atom. The third-order valence-corrected chi connectivity index (χ3v) is 5.32. The van der Waals surface area contributed by atoms with Crippen LogP contribution in [0.5, 0.6) is 0 Å². The van der Waals surface area contributed by atoms with Crippen LogP contribution < -0.4 is 5.32 Å². The lowest BCUT2D eigenvalue weighted by atomic mass is 10.1. The Bertz CT molecular complexity index is 840. The second kappa shape index (κ2) is 7.54. The van der Waals surface area contributed by atoms with Crippen LogP contribution in [-0.2, 0) is 12.7 Å². The molecule has 1 aromatic heterocycles. The molecule has 6 nitrogen and oxygen atoms in total. The second-order valence-corrected chi connectivity index (χ2v) is 7.38. The van der Waals surface area contributed by atoms with Crippen molar-refractivity contribution >= 4 is 5.91 Å². The van der Waals surface area contributed by atoms with E-state index in [-0.39, 0.29) is 35.8 Å². The minimum atomic E-state index is -4.45. The third kappa shape index (κ3) is 4.04. The Morgan fingerprint density at radius 1 is 1.18 bits per heavy atom. The van der Waals surface area contributed by atoms with E-state index >= 15 is 0 Å². The van der Waals surface area contributed by atoms with Crippen molar-refractivity contribution in [2.24, 2.45) is 0 Å². The predicted octanol–water partition coefficient (Wildman–Crippen LogP) is 3.03. The van der Waals surface area contributed by atoms with Gasteiger partial charge in [-0.15, -0.1) is 5.10 Å². The fourth-order valence-corrected chi connectivity index (χ4v) is 3.64. The molecule has 1 amide bonds. The lowest BCUT2D eigenvalue weighted by Crippen LogP contribution is -2.33. The number of rotatable bonds is 5. The quantitative estimate of drug-likeness (QED) is 0.848. The molecule has 2 aromatic rings. The number of hydrogen-bond acceptors (Lipinski definition) is 4. The molecule has 28 heavy (non-hydrogen) atoms. The summed E-state index contributed by atoms with van der Waals surface area (Å²) in [6.45, 7) is 1.69. The number of halogens is 3. The first-order valence-corrected chi connectivity index (χ1v) is 9.52. The van der Waals surface area contributed by atoms with Gasteiger partial charge in [0.05, 0.1) is 17.8 Å². The summed E-state index contributed by atoms with van der Waals surface area (Å²) in [6.07, 6.45) is 0.575. The smallest absolute Gasteiger partial charge is 0.330 e. The van der Waals surface area contributed by atoms with Gasteiger partial charge in [0.1, 0.15) is 0 Å². The number of amides is 1. The normalized spacial score (nSPS) is 18.2. The van der Waals surface area contributed by atoms with Crippen LogP contribution in [0.15, 0.2) is 30.5 Å². The summed E-state index contributed by atoms with van der Waals surface area (Å²) >= 11 is 0. The molecule has 0 radical (unpaired) electrons. The van der Waals surface area contributed by atoms with Crippen molar-refractivity contribution in [1.29, 1.82) is 0 Å². The molecule has 1 saturated carbocycles. The number of aromatic nitrogens is 3. The summed E-state index contributed by atoms with van der Waals surface area (Å²) in [6, 6.07) is 5.55. The van der Waals surface area contributed by atoms with E-state index in [9.17, 15) is 18.0 Å². The highest BCUT2D eigenvalue weighted by Gasteiger charge is 2.38. The molecule has 9 heteroatoms. The van der Waals surface area contributed by atoms with Crippen molar-refractivity contribution in [3.8, 4) is 0 Å². The van der Waals surface area contributed by atoms with Crippen LogP contribution in [0.3, 0.4) is 0 Å². The van der Waals surface area contributed by atoms with Crippen LogP contribution in [0, 0.1) is 0 Å². The van der Waals surface area contributed by atoms with E-state index in [0.717, 1.165) is 44.8 Å². The van der Waals surface area contributed by atoms with Crippen molar-refractivity contribution in [3.63, 3.8) is 0 Å². The minimum absolute atomic E-state index is 0.0437. The van der Waals surface area contributed by atoms with Crippen molar-refractivity contribution in [1.82, 2.24) is 25.2 Å². The maximum absolute atomic E-state index is 13.3. The fourth-order valence-electron chi connectivity index (χ4n) is 3.64. The van der Waals surface area contributed by atoms with Crippen molar-refractivity contribution in [3.05, 3.63) is 47.3 Å². The minimum Gasteiger partial charge on any atom is -0.330 e. The molecule has 2 aliphatic rings. The molecule has 1 aliphatic carbocycles. The fraction of sp³-hybridized carbons (Fsp3) is 0.526. The molecule has 1 aliphatic heterocycles. The number of benzene rings is 1. The zero-order valence-corrected chi connectivity index (χ0v) is 15.3. The zero-order valence-electron chi connectivity index (χ0n) is 15.3. The van der Waals surface area contributed by atoms with Gasteiger partial charge in [-0.2, -0.15) is 13.2 Å². The van der Waals surface area contributed by atoms with Crippen molar-refractivity contribution < 1.29 is 18.0 Å². The first-order chi connectivity index (χ1) is 13.4. The lowest BCUT2D eigenvalue weighted by Gasteiger charge is -2.24. The predicted molar refractivity (Wildman–Crippen MR) is 95.5 cm³/mol. The SMILES string of the molecule is O=C(c1cn(C2CCNCC2)nn1)N(Cc1ccccc1C(F)(F)F)C1CC1. The highest BCUT2D eigenvalue weighted by atomic mass is 19.4. The van der Waals surface area contributed by atoms with Gasteiger partial charge in [-0.05, 0) is 50.4 Å². The summed E-state index contributed by atoms with van der Waals surface area (Å²) < 4.78 is 41.7. The number of carbonyl (C=O) groups is 1. The zero-order chi connectivity index (χ0) is 19.7. The molecule has 1 aromatic carbocycles. The van der Waals surface area contributed by atoms with Crippen LogP contribution in [0.2, 0.25) is 0 Å². The van der Waals surface area contributed by atoms with E-state index < -0.39 is 11.7 Å². The molecule has 0 unspecified atom stereocenters.